The highest BCUT2D eigenvalue weighted by molar-refractivity contribution is 6.31. The van der Waals surface area contributed by atoms with Crippen LogP contribution in [0.1, 0.15) is 36.1 Å². The Balaban J connectivity index is 1.49. The SMILES string of the molecule is Cc1cc(OC[C@@]2(CC(=O)N(C)Cc3ccccc3)CCCN(Cc3ccc(F)cn3)C2)ccc1Cl. The second-order valence-electron chi connectivity index (χ2n) is 9.89. The Morgan fingerprint density at radius 2 is 2.00 bits per heavy atom. The molecule has 0 bridgehead atoms. The molecule has 0 unspecified atom stereocenters. The summed E-state index contributed by atoms with van der Waals surface area (Å²) < 4.78 is 19.6. The number of carbonyl (C=O) groups is 1. The van der Waals surface area contributed by atoms with Crippen molar-refractivity contribution in [2.24, 2.45) is 5.41 Å². The summed E-state index contributed by atoms with van der Waals surface area (Å²) in [6.07, 6.45) is 3.47. The molecule has 1 aromatic heterocycles. The summed E-state index contributed by atoms with van der Waals surface area (Å²) in [6.45, 7) is 5.14. The number of benzene rings is 2. The molecule has 0 aliphatic carbocycles. The highest BCUT2D eigenvalue weighted by atomic mass is 35.5. The number of pyridine rings is 1. The maximum atomic E-state index is 13.4. The standard InChI is InChI=1S/C29H33ClFN3O2/c1-22-15-26(11-12-27(22)30)36-21-29(16-28(35)33(2)18-23-7-4-3-5-8-23)13-6-14-34(20-29)19-25-10-9-24(31)17-32-25/h3-5,7-12,15,17H,6,13-14,16,18-21H2,1-2H3/t29-/m1/s1. The summed E-state index contributed by atoms with van der Waals surface area (Å²) >= 11 is 6.19. The number of amides is 1. The van der Waals surface area contributed by atoms with Crippen LogP contribution in [0.4, 0.5) is 4.39 Å². The van der Waals surface area contributed by atoms with E-state index in [-0.39, 0.29) is 17.1 Å². The number of aryl methyl sites for hydroxylation is 1. The fourth-order valence-electron chi connectivity index (χ4n) is 4.83. The third kappa shape index (κ3) is 7.05. The number of halogens is 2. The Labute approximate surface area is 217 Å². The number of likely N-dealkylation sites (tertiary alicyclic amines) is 1. The highest BCUT2D eigenvalue weighted by Gasteiger charge is 2.39. The maximum absolute atomic E-state index is 13.4. The number of piperidine rings is 1. The van der Waals surface area contributed by atoms with E-state index < -0.39 is 0 Å². The Kier molecular flexibility index (Phi) is 8.60. The molecule has 1 aliphatic rings. The number of hydrogen-bond acceptors (Lipinski definition) is 4. The van der Waals surface area contributed by atoms with E-state index in [2.05, 4.69) is 9.88 Å². The molecule has 0 radical (unpaired) electrons. The molecule has 4 rings (SSSR count). The fourth-order valence-corrected chi connectivity index (χ4v) is 4.95. The van der Waals surface area contributed by atoms with Gasteiger partial charge in [0, 0.05) is 43.5 Å². The zero-order valence-electron chi connectivity index (χ0n) is 20.9. The maximum Gasteiger partial charge on any atom is 0.223 e. The van der Waals surface area contributed by atoms with Crippen molar-refractivity contribution >= 4 is 17.5 Å². The number of hydrogen-bond donors (Lipinski definition) is 0. The van der Waals surface area contributed by atoms with Gasteiger partial charge < -0.3 is 9.64 Å². The minimum Gasteiger partial charge on any atom is -0.493 e. The molecule has 3 aromatic rings. The predicted octanol–water partition coefficient (Wildman–Crippen LogP) is 5.89. The van der Waals surface area contributed by atoms with E-state index in [1.54, 1.807) is 11.0 Å². The van der Waals surface area contributed by atoms with Crippen LogP contribution in [0.15, 0.2) is 66.9 Å². The summed E-state index contributed by atoms with van der Waals surface area (Å²) in [7, 11) is 1.86. The molecule has 1 saturated heterocycles. The molecule has 36 heavy (non-hydrogen) atoms. The lowest BCUT2D eigenvalue weighted by atomic mass is 9.77. The van der Waals surface area contributed by atoms with Gasteiger partial charge in [0.15, 0.2) is 0 Å². The molecule has 1 amide bonds. The van der Waals surface area contributed by atoms with Crippen molar-refractivity contribution in [3.05, 3.63) is 94.5 Å². The van der Waals surface area contributed by atoms with Crippen molar-refractivity contribution in [2.45, 2.75) is 39.3 Å². The van der Waals surface area contributed by atoms with Crippen molar-refractivity contribution in [1.82, 2.24) is 14.8 Å². The lowest BCUT2D eigenvalue weighted by Gasteiger charge is -2.42. The van der Waals surface area contributed by atoms with E-state index in [9.17, 15) is 9.18 Å². The summed E-state index contributed by atoms with van der Waals surface area (Å²) in [5, 5.41) is 0.699. The van der Waals surface area contributed by atoms with Crippen LogP contribution in [0.3, 0.4) is 0 Å². The van der Waals surface area contributed by atoms with Crippen LogP contribution in [0, 0.1) is 18.2 Å². The second-order valence-corrected chi connectivity index (χ2v) is 10.3. The van der Waals surface area contributed by atoms with Gasteiger partial charge in [-0.3, -0.25) is 14.7 Å². The smallest absolute Gasteiger partial charge is 0.223 e. The Morgan fingerprint density at radius 1 is 1.19 bits per heavy atom. The molecular formula is C29H33ClFN3O2. The molecule has 5 nitrogen and oxygen atoms in total. The molecule has 2 heterocycles. The van der Waals surface area contributed by atoms with Crippen LogP contribution in [0.25, 0.3) is 0 Å². The van der Waals surface area contributed by atoms with Gasteiger partial charge in [0.1, 0.15) is 11.6 Å². The predicted molar refractivity (Wildman–Crippen MR) is 140 cm³/mol. The molecule has 190 valence electrons. The molecule has 2 aromatic carbocycles. The van der Waals surface area contributed by atoms with E-state index in [1.165, 1.54) is 12.3 Å². The van der Waals surface area contributed by atoms with E-state index in [0.717, 1.165) is 42.0 Å². The average molecular weight is 510 g/mol. The molecule has 1 atom stereocenters. The normalized spacial score (nSPS) is 18.1. The third-order valence-electron chi connectivity index (χ3n) is 6.80. The number of ether oxygens (including phenoxy) is 1. The fraction of sp³-hybridized carbons (Fsp3) is 0.379. The number of rotatable bonds is 9. The third-order valence-corrected chi connectivity index (χ3v) is 7.23. The number of aromatic nitrogens is 1. The molecule has 0 spiro atoms. The van der Waals surface area contributed by atoms with Gasteiger partial charge in [-0.05, 0) is 67.8 Å². The molecule has 0 N–H and O–H groups in total. The van der Waals surface area contributed by atoms with E-state index in [1.807, 2.05) is 62.5 Å². The van der Waals surface area contributed by atoms with Gasteiger partial charge in [-0.1, -0.05) is 41.9 Å². The van der Waals surface area contributed by atoms with Crippen molar-refractivity contribution in [1.29, 1.82) is 0 Å². The first kappa shape index (κ1) is 26.1. The zero-order valence-corrected chi connectivity index (χ0v) is 21.7. The molecular weight excluding hydrogens is 477 g/mol. The monoisotopic (exact) mass is 509 g/mol. The van der Waals surface area contributed by atoms with Crippen molar-refractivity contribution in [2.75, 3.05) is 26.7 Å². The quantitative estimate of drug-likeness (QED) is 0.360. The van der Waals surface area contributed by atoms with Crippen LogP contribution in [0.5, 0.6) is 5.75 Å². The van der Waals surface area contributed by atoms with Crippen LogP contribution in [0.2, 0.25) is 5.02 Å². The van der Waals surface area contributed by atoms with Gasteiger partial charge in [0.25, 0.3) is 0 Å². The van der Waals surface area contributed by atoms with Gasteiger partial charge in [-0.25, -0.2) is 4.39 Å². The minimum atomic E-state index is -0.353. The van der Waals surface area contributed by atoms with Crippen molar-refractivity contribution in [3.63, 3.8) is 0 Å². The largest absolute Gasteiger partial charge is 0.493 e. The number of nitrogens with zero attached hydrogens (tertiary/aromatic N) is 3. The second kappa shape index (κ2) is 11.8. The summed E-state index contributed by atoms with van der Waals surface area (Å²) in [5.41, 5.74) is 2.51. The molecule has 7 heteroatoms. The Bertz CT molecular complexity index is 1160. The van der Waals surface area contributed by atoms with Crippen LogP contribution < -0.4 is 4.74 Å². The first-order chi connectivity index (χ1) is 17.3. The topological polar surface area (TPSA) is 45.7 Å². The minimum absolute atomic E-state index is 0.0940. The van der Waals surface area contributed by atoms with Crippen LogP contribution in [-0.2, 0) is 17.9 Å². The zero-order chi connectivity index (χ0) is 25.5. The van der Waals surface area contributed by atoms with Gasteiger partial charge >= 0.3 is 0 Å². The van der Waals surface area contributed by atoms with E-state index in [0.29, 0.717) is 37.7 Å². The van der Waals surface area contributed by atoms with Crippen LogP contribution >= 0.6 is 11.6 Å². The lowest BCUT2D eigenvalue weighted by Crippen LogP contribution is -2.48. The van der Waals surface area contributed by atoms with Gasteiger partial charge in [0.2, 0.25) is 5.91 Å². The lowest BCUT2D eigenvalue weighted by molar-refractivity contribution is -0.135. The van der Waals surface area contributed by atoms with Crippen molar-refractivity contribution < 1.29 is 13.9 Å². The summed E-state index contributed by atoms with van der Waals surface area (Å²) in [4.78, 5) is 21.7. The Hall–Kier alpha value is -2.96. The Morgan fingerprint density at radius 3 is 2.72 bits per heavy atom. The van der Waals surface area contributed by atoms with Gasteiger partial charge in [-0.15, -0.1) is 0 Å². The molecule has 0 saturated carbocycles. The molecule has 1 aliphatic heterocycles. The summed E-state index contributed by atoms with van der Waals surface area (Å²) in [6, 6.07) is 18.8. The van der Waals surface area contributed by atoms with Gasteiger partial charge in [0.05, 0.1) is 18.5 Å². The summed E-state index contributed by atoms with van der Waals surface area (Å²) in [5.74, 6) is 0.501. The first-order valence-corrected chi connectivity index (χ1v) is 12.7. The van der Waals surface area contributed by atoms with Gasteiger partial charge in [-0.2, -0.15) is 0 Å². The van der Waals surface area contributed by atoms with E-state index in [4.69, 9.17) is 16.3 Å². The molecule has 1 fully saturated rings. The van der Waals surface area contributed by atoms with Crippen molar-refractivity contribution in [3.8, 4) is 5.75 Å². The van der Waals surface area contributed by atoms with E-state index >= 15 is 0 Å². The average Bonchev–Trinajstić information content (AvgIpc) is 2.87. The van der Waals surface area contributed by atoms with Crippen LogP contribution in [-0.4, -0.2) is 47.4 Å². The first-order valence-electron chi connectivity index (χ1n) is 12.3. The highest BCUT2D eigenvalue weighted by Crippen LogP contribution is 2.36. The number of carbonyl (C=O) groups excluding carboxylic acids is 1.